The van der Waals surface area contributed by atoms with Crippen molar-refractivity contribution in [2.45, 2.75) is 6.54 Å². The van der Waals surface area contributed by atoms with Crippen molar-refractivity contribution in [3.63, 3.8) is 0 Å². The fourth-order valence-corrected chi connectivity index (χ4v) is 2.06. The summed E-state index contributed by atoms with van der Waals surface area (Å²) in [6, 6.07) is 6.44. The minimum Gasteiger partial charge on any atom is -0.338 e. The topological polar surface area (TPSA) is 64.7 Å². The van der Waals surface area contributed by atoms with Crippen molar-refractivity contribution >= 4 is 22.6 Å². The molecule has 20 heavy (non-hydrogen) atoms. The minimum atomic E-state index is -0.296. The smallest absolute Gasteiger partial charge is 0.245 e. The van der Waals surface area contributed by atoms with E-state index in [2.05, 4.69) is 15.5 Å². The summed E-state index contributed by atoms with van der Waals surface area (Å²) in [5, 5.41) is 11.0. The number of aryl methyl sites for hydroxylation is 1. The normalized spacial score (nSPS) is 10.9. The summed E-state index contributed by atoms with van der Waals surface area (Å²) in [6.45, 7) is 0.0868. The Morgan fingerprint density at radius 1 is 1.40 bits per heavy atom. The Hall–Kier alpha value is -2.70. The Morgan fingerprint density at radius 2 is 2.25 bits per heavy atom. The van der Waals surface area contributed by atoms with Gasteiger partial charge in [0.2, 0.25) is 5.91 Å². The number of halogens is 1. The average Bonchev–Trinajstić information content (AvgIpc) is 2.98. The molecule has 2 heterocycles. The fraction of sp³-hybridized carbons (Fsp3) is 0.154. The van der Waals surface area contributed by atoms with Gasteiger partial charge in [-0.05, 0) is 18.2 Å². The first-order valence-electron chi connectivity index (χ1n) is 6.03. The SMILES string of the molecule is Cn1ncc(NC(=O)Cn2ccc3c(F)cccc32)n1. The third kappa shape index (κ3) is 2.25. The number of benzene rings is 1. The van der Waals surface area contributed by atoms with Crippen molar-refractivity contribution in [3.05, 3.63) is 42.5 Å². The number of carbonyl (C=O) groups is 1. The lowest BCUT2D eigenvalue weighted by Crippen LogP contribution is -2.18. The van der Waals surface area contributed by atoms with Gasteiger partial charge in [0.15, 0.2) is 5.82 Å². The summed E-state index contributed by atoms with van der Waals surface area (Å²) in [5.41, 5.74) is 0.680. The summed E-state index contributed by atoms with van der Waals surface area (Å²) in [5.74, 6) is -0.150. The van der Waals surface area contributed by atoms with Crippen LogP contribution in [0.1, 0.15) is 0 Å². The van der Waals surface area contributed by atoms with E-state index in [9.17, 15) is 9.18 Å². The van der Waals surface area contributed by atoms with Crippen molar-refractivity contribution < 1.29 is 9.18 Å². The zero-order valence-corrected chi connectivity index (χ0v) is 10.7. The van der Waals surface area contributed by atoms with Gasteiger partial charge in [-0.3, -0.25) is 4.79 Å². The molecule has 3 rings (SSSR count). The lowest BCUT2D eigenvalue weighted by atomic mass is 10.2. The van der Waals surface area contributed by atoms with Crippen LogP contribution in [0.2, 0.25) is 0 Å². The monoisotopic (exact) mass is 273 g/mol. The van der Waals surface area contributed by atoms with Crippen LogP contribution in [0.15, 0.2) is 36.7 Å². The molecule has 0 unspecified atom stereocenters. The molecule has 6 nitrogen and oxygen atoms in total. The van der Waals surface area contributed by atoms with Gasteiger partial charge in [-0.2, -0.15) is 9.90 Å². The van der Waals surface area contributed by atoms with E-state index in [0.29, 0.717) is 16.7 Å². The lowest BCUT2D eigenvalue weighted by Gasteiger charge is -2.05. The van der Waals surface area contributed by atoms with E-state index < -0.39 is 0 Å². The number of rotatable bonds is 3. The van der Waals surface area contributed by atoms with E-state index in [1.54, 1.807) is 36.0 Å². The number of anilines is 1. The number of amides is 1. The second kappa shape index (κ2) is 4.76. The van der Waals surface area contributed by atoms with Crippen molar-refractivity contribution in [2.24, 2.45) is 7.05 Å². The molecule has 2 aromatic heterocycles. The third-order valence-electron chi connectivity index (χ3n) is 2.94. The van der Waals surface area contributed by atoms with Gasteiger partial charge in [0.1, 0.15) is 12.4 Å². The molecule has 102 valence electrons. The number of nitrogens with zero attached hydrogens (tertiary/aromatic N) is 4. The molecule has 0 saturated heterocycles. The van der Waals surface area contributed by atoms with E-state index in [4.69, 9.17) is 0 Å². The Balaban J connectivity index is 1.79. The van der Waals surface area contributed by atoms with Crippen LogP contribution < -0.4 is 5.32 Å². The van der Waals surface area contributed by atoms with E-state index in [1.807, 2.05) is 0 Å². The predicted molar refractivity (Wildman–Crippen MR) is 71.5 cm³/mol. The van der Waals surface area contributed by atoms with Crippen LogP contribution in [-0.2, 0) is 18.4 Å². The molecule has 0 radical (unpaired) electrons. The second-order valence-corrected chi connectivity index (χ2v) is 4.38. The van der Waals surface area contributed by atoms with Gasteiger partial charge >= 0.3 is 0 Å². The number of aromatic nitrogens is 4. The Bertz CT molecular complexity index is 776. The number of hydrogen-bond donors (Lipinski definition) is 1. The Morgan fingerprint density at radius 3 is 3.00 bits per heavy atom. The summed E-state index contributed by atoms with van der Waals surface area (Å²) in [4.78, 5) is 13.3. The molecule has 3 aromatic rings. The molecule has 1 amide bonds. The summed E-state index contributed by atoms with van der Waals surface area (Å²) in [6.07, 6.45) is 3.15. The summed E-state index contributed by atoms with van der Waals surface area (Å²) in [7, 11) is 1.66. The highest BCUT2D eigenvalue weighted by Crippen LogP contribution is 2.18. The first-order valence-corrected chi connectivity index (χ1v) is 6.03. The number of hydrogen-bond acceptors (Lipinski definition) is 3. The fourth-order valence-electron chi connectivity index (χ4n) is 2.06. The molecule has 0 aliphatic rings. The van der Waals surface area contributed by atoms with Crippen molar-refractivity contribution in [1.82, 2.24) is 19.6 Å². The molecule has 0 saturated carbocycles. The van der Waals surface area contributed by atoms with Crippen LogP contribution in [0.5, 0.6) is 0 Å². The molecule has 1 aromatic carbocycles. The molecule has 0 bridgehead atoms. The average molecular weight is 273 g/mol. The van der Waals surface area contributed by atoms with E-state index in [1.165, 1.54) is 17.1 Å². The zero-order chi connectivity index (χ0) is 14.1. The summed E-state index contributed by atoms with van der Waals surface area (Å²) < 4.78 is 15.2. The van der Waals surface area contributed by atoms with Gasteiger partial charge in [0.05, 0.1) is 11.7 Å². The minimum absolute atomic E-state index is 0.0868. The van der Waals surface area contributed by atoms with Gasteiger partial charge in [0, 0.05) is 18.6 Å². The number of nitrogens with one attached hydrogen (secondary N) is 1. The Kier molecular flexibility index (Phi) is 2.94. The highest BCUT2D eigenvalue weighted by atomic mass is 19.1. The van der Waals surface area contributed by atoms with Crippen LogP contribution in [-0.4, -0.2) is 25.5 Å². The number of carbonyl (C=O) groups excluding carboxylic acids is 1. The molecular weight excluding hydrogens is 261 g/mol. The van der Waals surface area contributed by atoms with E-state index in [-0.39, 0.29) is 18.3 Å². The van der Waals surface area contributed by atoms with Crippen LogP contribution in [0.3, 0.4) is 0 Å². The molecule has 0 fully saturated rings. The maximum atomic E-state index is 13.6. The van der Waals surface area contributed by atoms with Crippen LogP contribution >= 0.6 is 0 Å². The van der Waals surface area contributed by atoms with Gasteiger partial charge < -0.3 is 9.88 Å². The highest BCUT2D eigenvalue weighted by Gasteiger charge is 2.10. The first kappa shape index (κ1) is 12.3. The molecule has 0 atom stereocenters. The highest BCUT2D eigenvalue weighted by molar-refractivity contribution is 5.91. The van der Waals surface area contributed by atoms with Crippen LogP contribution in [0, 0.1) is 5.82 Å². The predicted octanol–water partition coefficient (Wildman–Crippen LogP) is 1.55. The molecule has 0 aliphatic carbocycles. The van der Waals surface area contributed by atoms with Gasteiger partial charge in [-0.25, -0.2) is 4.39 Å². The van der Waals surface area contributed by atoms with E-state index in [0.717, 1.165) is 0 Å². The van der Waals surface area contributed by atoms with E-state index >= 15 is 0 Å². The molecule has 0 spiro atoms. The molecular formula is C13H12FN5O. The van der Waals surface area contributed by atoms with Crippen molar-refractivity contribution in [1.29, 1.82) is 0 Å². The maximum absolute atomic E-state index is 13.6. The molecule has 0 aliphatic heterocycles. The molecule has 1 N–H and O–H groups in total. The molecule has 7 heteroatoms. The van der Waals surface area contributed by atoms with Crippen molar-refractivity contribution in [3.8, 4) is 0 Å². The van der Waals surface area contributed by atoms with Gasteiger partial charge in [0.25, 0.3) is 0 Å². The standard InChI is InChI=1S/C13H12FN5O/c1-18-15-7-12(17-18)16-13(20)8-19-6-5-9-10(14)3-2-4-11(9)19/h2-7H,8H2,1H3,(H,16,17,20). The van der Waals surface area contributed by atoms with Crippen molar-refractivity contribution in [2.75, 3.05) is 5.32 Å². The largest absolute Gasteiger partial charge is 0.338 e. The maximum Gasteiger partial charge on any atom is 0.245 e. The van der Waals surface area contributed by atoms with Gasteiger partial charge in [-0.1, -0.05) is 6.07 Å². The van der Waals surface area contributed by atoms with Crippen LogP contribution in [0.25, 0.3) is 10.9 Å². The Labute approximate surface area is 113 Å². The van der Waals surface area contributed by atoms with Crippen LogP contribution in [0.4, 0.5) is 10.2 Å². The summed E-state index contributed by atoms with van der Waals surface area (Å²) >= 11 is 0. The second-order valence-electron chi connectivity index (χ2n) is 4.38. The first-order chi connectivity index (χ1) is 9.63. The third-order valence-corrected chi connectivity index (χ3v) is 2.94. The quantitative estimate of drug-likeness (QED) is 0.787. The zero-order valence-electron chi connectivity index (χ0n) is 10.7. The van der Waals surface area contributed by atoms with Gasteiger partial charge in [-0.15, -0.1) is 5.10 Å². The number of fused-ring (bicyclic) bond motifs is 1. The lowest BCUT2D eigenvalue weighted by molar-refractivity contribution is -0.116.